The van der Waals surface area contributed by atoms with E-state index in [1.165, 1.54) is 0 Å². The predicted octanol–water partition coefficient (Wildman–Crippen LogP) is 0.807. The Morgan fingerprint density at radius 2 is 2.50 bits per heavy atom. The molecule has 0 bridgehead atoms. The van der Waals surface area contributed by atoms with Gasteiger partial charge in [-0.05, 0) is 19.9 Å². The van der Waals surface area contributed by atoms with E-state index in [0.29, 0.717) is 19.5 Å². The first-order chi connectivity index (χ1) is 6.72. The van der Waals surface area contributed by atoms with Crippen molar-refractivity contribution in [3.63, 3.8) is 0 Å². The molecule has 14 heavy (non-hydrogen) atoms. The molecule has 1 rings (SSSR count). The van der Waals surface area contributed by atoms with Gasteiger partial charge in [0.2, 0.25) is 5.91 Å². The molecule has 78 valence electrons. The van der Waals surface area contributed by atoms with Crippen molar-refractivity contribution in [3.8, 4) is 0 Å². The molecule has 5 heteroatoms. The number of thiazole rings is 1. The van der Waals surface area contributed by atoms with E-state index in [2.05, 4.69) is 10.3 Å². The Morgan fingerprint density at radius 3 is 3.07 bits per heavy atom. The third-order valence-electron chi connectivity index (χ3n) is 1.74. The van der Waals surface area contributed by atoms with Gasteiger partial charge in [-0.15, -0.1) is 11.3 Å². The monoisotopic (exact) mass is 213 g/mol. The average molecular weight is 213 g/mol. The molecule has 0 aliphatic heterocycles. The van der Waals surface area contributed by atoms with Crippen molar-refractivity contribution in [1.82, 2.24) is 10.3 Å². The molecule has 0 aliphatic rings. The molecule has 0 unspecified atom stereocenters. The summed E-state index contributed by atoms with van der Waals surface area (Å²) in [4.78, 5) is 15.4. The average Bonchev–Trinajstić information content (AvgIpc) is 2.58. The number of carbonyl (C=O) groups is 1. The number of amides is 1. The lowest BCUT2D eigenvalue weighted by molar-refractivity contribution is -0.121. The fourth-order valence-electron chi connectivity index (χ4n) is 1.03. The summed E-state index contributed by atoms with van der Waals surface area (Å²) in [6.07, 6.45) is 1.24. The van der Waals surface area contributed by atoms with Gasteiger partial charge in [0, 0.05) is 11.8 Å². The van der Waals surface area contributed by atoms with Crippen LogP contribution in [0.1, 0.15) is 23.5 Å². The van der Waals surface area contributed by atoms with Gasteiger partial charge in [0.15, 0.2) is 0 Å². The maximum Gasteiger partial charge on any atom is 0.220 e. The zero-order chi connectivity index (χ0) is 10.4. The molecule has 1 heterocycles. The SMILES string of the molecule is Cc1nc(CNC(=O)CCCN)cs1. The fraction of sp³-hybridized carbons (Fsp3) is 0.556. The Balaban J connectivity index is 2.23. The molecule has 0 aromatic carbocycles. The van der Waals surface area contributed by atoms with Gasteiger partial charge in [-0.2, -0.15) is 0 Å². The van der Waals surface area contributed by atoms with Gasteiger partial charge in [-0.3, -0.25) is 4.79 Å². The number of hydrogen-bond donors (Lipinski definition) is 2. The minimum absolute atomic E-state index is 0.0427. The highest BCUT2D eigenvalue weighted by molar-refractivity contribution is 7.09. The smallest absolute Gasteiger partial charge is 0.220 e. The summed E-state index contributed by atoms with van der Waals surface area (Å²) in [5, 5.41) is 5.78. The predicted molar refractivity (Wildman–Crippen MR) is 57.0 cm³/mol. The lowest BCUT2D eigenvalue weighted by Gasteiger charge is -2.01. The largest absolute Gasteiger partial charge is 0.350 e. The number of nitrogens with zero attached hydrogens (tertiary/aromatic N) is 1. The van der Waals surface area contributed by atoms with E-state index >= 15 is 0 Å². The summed E-state index contributed by atoms with van der Waals surface area (Å²) < 4.78 is 0. The summed E-state index contributed by atoms with van der Waals surface area (Å²) in [7, 11) is 0. The second kappa shape index (κ2) is 5.72. The van der Waals surface area contributed by atoms with Gasteiger partial charge in [-0.25, -0.2) is 4.98 Å². The summed E-state index contributed by atoms with van der Waals surface area (Å²) in [6.45, 7) is 3.03. The van der Waals surface area contributed by atoms with Crippen molar-refractivity contribution in [1.29, 1.82) is 0 Å². The van der Waals surface area contributed by atoms with Crippen molar-refractivity contribution >= 4 is 17.2 Å². The molecule has 1 amide bonds. The van der Waals surface area contributed by atoms with Crippen molar-refractivity contribution in [2.45, 2.75) is 26.3 Å². The molecule has 0 saturated heterocycles. The number of carbonyl (C=O) groups excluding carboxylic acids is 1. The summed E-state index contributed by atoms with van der Waals surface area (Å²) in [5.41, 5.74) is 6.22. The highest BCUT2D eigenvalue weighted by Crippen LogP contribution is 2.07. The van der Waals surface area contributed by atoms with E-state index in [-0.39, 0.29) is 5.91 Å². The molecule has 0 fully saturated rings. The van der Waals surface area contributed by atoms with Crippen LogP contribution in [0.5, 0.6) is 0 Å². The second-order valence-corrected chi connectivity index (χ2v) is 4.09. The molecule has 1 aromatic heterocycles. The van der Waals surface area contributed by atoms with Crippen LogP contribution in [0, 0.1) is 6.92 Å². The van der Waals surface area contributed by atoms with Crippen LogP contribution in [-0.2, 0) is 11.3 Å². The number of aryl methyl sites for hydroxylation is 1. The maximum absolute atomic E-state index is 11.2. The minimum Gasteiger partial charge on any atom is -0.350 e. The van der Waals surface area contributed by atoms with Crippen molar-refractivity contribution in [2.75, 3.05) is 6.54 Å². The van der Waals surface area contributed by atoms with Crippen LogP contribution in [0.2, 0.25) is 0 Å². The van der Waals surface area contributed by atoms with Crippen LogP contribution in [-0.4, -0.2) is 17.4 Å². The molecular formula is C9H15N3OS. The Bertz CT molecular complexity index is 298. The quantitative estimate of drug-likeness (QED) is 0.760. The second-order valence-electron chi connectivity index (χ2n) is 3.03. The number of nitrogens with two attached hydrogens (primary N) is 1. The van der Waals surface area contributed by atoms with Crippen molar-refractivity contribution < 1.29 is 4.79 Å². The normalized spacial score (nSPS) is 10.1. The Morgan fingerprint density at radius 1 is 1.71 bits per heavy atom. The molecule has 0 saturated carbocycles. The molecule has 0 radical (unpaired) electrons. The zero-order valence-electron chi connectivity index (χ0n) is 8.25. The van der Waals surface area contributed by atoms with E-state index < -0.39 is 0 Å². The molecule has 0 atom stereocenters. The van der Waals surface area contributed by atoms with Crippen LogP contribution in [0.25, 0.3) is 0 Å². The summed E-state index contributed by atoms with van der Waals surface area (Å²) in [5.74, 6) is 0.0427. The standard InChI is InChI=1S/C9H15N3OS/c1-7-12-8(6-14-7)5-11-9(13)3-2-4-10/h6H,2-5,10H2,1H3,(H,11,13). The van der Waals surface area contributed by atoms with Crippen LogP contribution < -0.4 is 11.1 Å². The first kappa shape index (κ1) is 11.1. The highest BCUT2D eigenvalue weighted by Gasteiger charge is 2.02. The summed E-state index contributed by atoms with van der Waals surface area (Å²) in [6, 6.07) is 0. The third kappa shape index (κ3) is 3.85. The zero-order valence-corrected chi connectivity index (χ0v) is 9.06. The molecule has 4 nitrogen and oxygen atoms in total. The molecule has 0 spiro atoms. The highest BCUT2D eigenvalue weighted by atomic mass is 32.1. The molecular weight excluding hydrogens is 198 g/mol. The van der Waals surface area contributed by atoms with E-state index in [1.54, 1.807) is 11.3 Å². The third-order valence-corrected chi connectivity index (χ3v) is 2.56. The minimum atomic E-state index is 0.0427. The van der Waals surface area contributed by atoms with Gasteiger partial charge in [0.25, 0.3) is 0 Å². The molecule has 1 aromatic rings. The van der Waals surface area contributed by atoms with Gasteiger partial charge < -0.3 is 11.1 Å². The number of hydrogen-bond acceptors (Lipinski definition) is 4. The lowest BCUT2D eigenvalue weighted by atomic mass is 10.3. The van der Waals surface area contributed by atoms with Crippen LogP contribution in [0.15, 0.2) is 5.38 Å². The van der Waals surface area contributed by atoms with E-state index in [1.807, 2.05) is 12.3 Å². The first-order valence-corrected chi connectivity index (χ1v) is 5.48. The summed E-state index contributed by atoms with van der Waals surface area (Å²) >= 11 is 1.59. The van der Waals surface area contributed by atoms with E-state index in [9.17, 15) is 4.79 Å². The Hall–Kier alpha value is -0.940. The van der Waals surface area contributed by atoms with Crippen LogP contribution >= 0.6 is 11.3 Å². The topological polar surface area (TPSA) is 68.0 Å². The van der Waals surface area contributed by atoms with Crippen molar-refractivity contribution in [2.24, 2.45) is 5.73 Å². The van der Waals surface area contributed by atoms with Gasteiger partial charge in [-0.1, -0.05) is 0 Å². The Kier molecular flexibility index (Phi) is 4.55. The van der Waals surface area contributed by atoms with Crippen molar-refractivity contribution in [3.05, 3.63) is 16.1 Å². The number of aromatic nitrogens is 1. The van der Waals surface area contributed by atoms with E-state index in [0.717, 1.165) is 17.1 Å². The van der Waals surface area contributed by atoms with Crippen LogP contribution in [0.4, 0.5) is 0 Å². The van der Waals surface area contributed by atoms with Gasteiger partial charge in [0.05, 0.1) is 17.2 Å². The maximum atomic E-state index is 11.2. The van der Waals surface area contributed by atoms with Gasteiger partial charge in [0.1, 0.15) is 0 Å². The number of nitrogens with one attached hydrogen (secondary N) is 1. The van der Waals surface area contributed by atoms with Gasteiger partial charge >= 0.3 is 0 Å². The van der Waals surface area contributed by atoms with Crippen LogP contribution in [0.3, 0.4) is 0 Å². The molecule has 3 N–H and O–H groups in total. The lowest BCUT2D eigenvalue weighted by Crippen LogP contribution is -2.23. The number of rotatable bonds is 5. The van der Waals surface area contributed by atoms with E-state index in [4.69, 9.17) is 5.73 Å². The fourth-order valence-corrected chi connectivity index (χ4v) is 1.64. The first-order valence-electron chi connectivity index (χ1n) is 4.60. The Labute approximate surface area is 87.5 Å². The molecule has 0 aliphatic carbocycles.